The standard InChI is InChI=1S/C19H16Br2N6O4/c1-8-5-9(2)26-19(22-8)23-16(24-26)18-27(10(3)28)25-17(31-18)13-6-12(20)7-14(21)15(13)30-11(4)29/h5-7,18H,1-4H3/t18-/m0/s1. The number of aromatic nitrogens is 4. The van der Waals surface area contributed by atoms with Crippen molar-refractivity contribution in [1.82, 2.24) is 24.6 Å². The Morgan fingerprint density at radius 3 is 2.55 bits per heavy atom. The highest BCUT2D eigenvalue weighted by molar-refractivity contribution is 9.11. The number of amides is 1. The second kappa shape index (κ2) is 8.00. The molecule has 0 radical (unpaired) electrons. The molecule has 0 spiro atoms. The maximum absolute atomic E-state index is 12.3. The van der Waals surface area contributed by atoms with E-state index in [0.29, 0.717) is 20.3 Å². The number of rotatable bonds is 3. The van der Waals surface area contributed by atoms with Gasteiger partial charge in [-0.1, -0.05) is 15.9 Å². The molecule has 160 valence electrons. The topological polar surface area (TPSA) is 111 Å². The summed E-state index contributed by atoms with van der Waals surface area (Å²) in [6.45, 7) is 6.39. The molecule has 12 heteroatoms. The number of benzene rings is 1. The second-order valence-corrected chi connectivity index (χ2v) is 8.59. The molecule has 0 unspecified atom stereocenters. The van der Waals surface area contributed by atoms with Crippen molar-refractivity contribution < 1.29 is 19.1 Å². The summed E-state index contributed by atoms with van der Waals surface area (Å²) in [4.78, 5) is 32.7. The summed E-state index contributed by atoms with van der Waals surface area (Å²) < 4.78 is 14.1. The van der Waals surface area contributed by atoms with Crippen LogP contribution in [0.1, 0.15) is 42.9 Å². The van der Waals surface area contributed by atoms with E-state index in [4.69, 9.17) is 9.47 Å². The largest absolute Gasteiger partial charge is 0.442 e. The van der Waals surface area contributed by atoms with Gasteiger partial charge in [0.1, 0.15) is 0 Å². The number of hydrogen-bond donors (Lipinski definition) is 0. The van der Waals surface area contributed by atoms with Crippen molar-refractivity contribution in [2.75, 3.05) is 0 Å². The fraction of sp³-hybridized carbons (Fsp3) is 0.263. The van der Waals surface area contributed by atoms with E-state index in [0.717, 1.165) is 16.4 Å². The van der Waals surface area contributed by atoms with E-state index in [2.05, 4.69) is 52.0 Å². The Hall–Kier alpha value is -2.86. The summed E-state index contributed by atoms with van der Waals surface area (Å²) >= 11 is 6.79. The number of fused-ring (bicyclic) bond motifs is 1. The van der Waals surface area contributed by atoms with E-state index in [-0.39, 0.29) is 23.4 Å². The van der Waals surface area contributed by atoms with Crippen LogP contribution in [0, 0.1) is 13.8 Å². The summed E-state index contributed by atoms with van der Waals surface area (Å²) in [7, 11) is 0. The minimum absolute atomic E-state index is 0.0816. The maximum Gasteiger partial charge on any atom is 0.308 e. The number of aryl methyl sites for hydroxylation is 2. The molecule has 3 aromatic rings. The number of hydrogen-bond acceptors (Lipinski definition) is 8. The van der Waals surface area contributed by atoms with Crippen molar-refractivity contribution in [3.8, 4) is 5.75 Å². The molecule has 0 saturated carbocycles. The Balaban J connectivity index is 1.79. The number of halogens is 2. The first-order chi connectivity index (χ1) is 14.6. The molecular weight excluding hydrogens is 536 g/mol. The summed E-state index contributed by atoms with van der Waals surface area (Å²) in [5.74, 6) is 0.0227. The van der Waals surface area contributed by atoms with Crippen molar-refractivity contribution in [2.24, 2.45) is 5.10 Å². The third-order valence-electron chi connectivity index (χ3n) is 4.31. The van der Waals surface area contributed by atoms with Crippen LogP contribution in [-0.4, -0.2) is 42.4 Å². The number of carbonyl (C=O) groups is 2. The molecule has 0 aliphatic carbocycles. The van der Waals surface area contributed by atoms with Crippen LogP contribution >= 0.6 is 31.9 Å². The molecule has 1 aromatic carbocycles. The third kappa shape index (κ3) is 4.04. The monoisotopic (exact) mass is 550 g/mol. The van der Waals surface area contributed by atoms with Gasteiger partial charge in [-0.2, -0.15) is 9.99 Å². The van der Waals surface area contributed by atoms with Gasteiger partial charge in [0.25, 0.3) is 12.0 Å². The quantitative estimate of drug-likeness (QED) is 0.362. The lowest BCUT2D eigenvalue weighted by molar-refractivity contribution is -0.135. The second-order valence-electron chi connectivity index (χ2n) is 6.82. The lowest BCUT2D eigenvalue weighted by Crippen LogP contribution is -2.26. The minimum Gasteiger partial charge on any atom is -0.442 e. The van der Waals surface area contributed by atoms with Crippen LogP contribution in [0.15, 0.2) is 32.2 Å². The molecule has 0 bridgehead atoms. The molecular formula is C19H16Br2N6O4. The predicted octanol–water partition coefficient (Wildman–Crippen LogP) is 3.43. The van der Waals surface area contributed by atoms with Crippen molar-refractivity contribution >= 4 is 55.4 Å². The van der Waals surface area contributed by atoms with Crippen molar-refractivity contribution in [3.05, 3.63) is 49.9 Å². The fourth-order valence-electron chi connectivity index (χ4n) is 3.10. The Labute approximate surface area is 193 Å². The number of hydrazone groups is 1. The van der Waals surface area contributed by atoms with Gasteiger partial charge in [0, 0.05) is 29.7 Å². The zero-order valence-corrected chi connectivity index (χ0v) is 20.1. The summed E-state index contributed by atoms with van der Waals surface area (Å²) in [6.07, 6.45) is -1.00. The molecule has 3 heterocycles. The molecule has 0 saturated heterocycles. The van der Waals surface area contributed by atoms with Crippen LogP contribution in [0.2, 0.25) is 0 Å². The normalized spacial score (nSPS) is 15.7. The number of ether oxygens (including phenoxy) is 2. The average molecular weight is 552 g/mol. The van der Waals surface area contributed by atoms with E-state index in [1.165, 1.54) is 13.8 Å². The third-order valence-corrected chi connectivity index (χ3v) is 5.35. The van der Waals surface area contributed by atoms with E-state index < -0.39 is 12.2 Å². The van der Waals surface area contributed by atoms with Crippen LogP contribution in [0.3, 0.4) is 0 Å². The molecule has 1 aliphatic heterocycles. The lowest BCUT2D eigenvalue weighted by atomic mass is 10.2. The van der Waals surface area contributed by atoms with E-state index in [1.807, 2.05) is 19.9 Å². The summed E-state index contributed by atoms with van der Waals surface area (Å²) in [5.41, 5.74) is 2.00. The highest BCUT2D eigenvalue weighted by atomic mass is 79.9. The highest BCUT2D eigenvalue weighted by Gasteiger charge is 2.38. The minimum atomic E-state index is -1.00. The van der Waals surface area contributed by atoms with Gasteiger partial charge >= 0.3 is 5.97 Å². The molecule has 1 atom stereocenters. The van der Waals surface area contributed by atoms with Crippen molar-refractivity contribution in [2.45, 2.75) is 33.9 Å². The predicted molar refractivity (Wildman–Crippen MR) is 116 cm³/mol. The van der Waals surface area contributed by atoms with E-state index in [9.17, 15) is 9.59 Å². The smallest absolute Gasteiger partial charge is 0.308 e. The van der Waals surface area contributed by atoms with E-state index >= 15 is 0 Å². The summed E-state index contributed by atoms with van der Waals surface area (Å²) in [5, 5.41) is 9.90. The Bertz CT molecular complexity index is 1270. The van der Waals surface area contributed by atoms with Crippen molar-refractivity contribution in [3.63, 3.8) is 0 Å². The zero-order valence-electron chi connectivity index (χ0n) is 16.9. The fourth-order valence-corrected chi connectivity index (χ4v) is 4.40. The molecule has 31 heavy (non-hydrogen) atoms. The number of nitrogens with zero attached hydrogens (tertiary/aromatic N) is 6. The average Bonchev–Trinajstić information content (AvgIpc) is 3.27. The molecule has 2 aromatic heterocycles. The molecule has 1 aliphatic rings. The molecule has 0 N–H and O–H groups in total. The van der Waals surface area contributed by atoms with Gasteiger partial charge in [0.2, 0.25) is 17.6 Å². The van der Waals surface area contributed by atoms with Crippen molar-refractivity contribution in [1.29, 1.82) is 0 Å². The first-order valence-corrected chi connectivity index (χ1v) is 10.7. The Morgan fingerprint density at radius 1 is 1.13 bits per heavy atom. The van der Waals surface area contributed by atoms with Gasteiger partial charge in [-0.3, -0.25) is 9.59 Å². The first-order valence-electron chi connectivity index (χ1n) is 9.08. The van der Waals surface area contributed by atoms with Crippen LogP contribution in [0.25, 0.3) is 5.78 Å². The first kappa shape index (κ1) is 21.4. The van der Waals surface area contributed by atoms with Gasteiger partial charge in [-0.25, -0.2) is 9.50 Å². The van der Waals surface area contributed by atoms with Gasteiger partial charge in [0.15, 0.2) is 5.75 Å². The molecule has 4 rings (SSSR count). The molecule has 0 fully saturated rings. The van der Waals surface area contributed by atoms with E-state index in [1.54, 1.807) is 16.6 Å². The highest BCUT2D eigenvalue weighted by Crippen LogP contribution is 2.37. The Kier molecular flexibility index (Phi) is 5.52. The van der Waals surface area contributed by atoms with Gasteiger partial charge < -0.3 is 9.47 Å². The van der Waals surface area contributed by atoms with Gasteiger partial charge in [0.05, 0.1) is 10.0 Å². The van der Waals surface area contributed by atoms with Crippen LogP contribution < -0.4 is 4.74 Å². The van der Waals surface area contributed by atoms with Crippen LogP contribution in [0.4, 0.5) is 0 Å². The Morgan fingerprint density at radius 2 is 1.87 bits per heavy atom. The lowest BCUT2D eigenvalue weighted by Gasteiger charge is -2.16. The zero-order chi connectivity index (χ0) is 22.4. The van der Waals surface area contributed by atoms with Crippen LogP contribution in [0.5, 0.6) is 5.75 Å². The number of carbonyl (C=O) groups excluding carboxylic acids is 2. The van der Waals surface area contributed by atoms with Gasteiger partial charge in [-0.05, 0) is 48.0 Å². The molecule has 10 nitrogen and oxygen atoms in total. The maximum atomic E-state index is 12.3. The number of esters is 1. The summed E-state index contributed by atoms with van der Waals surface area (Å²) in [6, 6.07) is 5.27. The van der Waals surface area contributed by atoms with Crippen LogP contribution in [-0.2, 0) is 14.3 Å². The SMILES string of the molecule is CC(=O)Oc1c(Br)cc(Br)cc1C1=NN(C(C)=O)[C@H](c2nc3nc(C)cc(C)n3n2)O1. The molecule has 1 amide bonds. The van der Waals surface area contributed by atoms with Gasteiger partial charge in [-0.15, -0.1) is 10.2 Å².